The van der Waals surface area contributed by atoms with E-state index in [4.69, 9.17) is 0 Å². The van der Waals surface area contributed by atoms with Gasteiger partial charge in [0.25, 0.3) is 0 Å². The van der Waals surface area contributed by atoms with Crippen LogP contribution in [0.4, 0.5) is 0 Å². The van der Waals surface area contributed by atoms with Gasteiger partial charge in [-0.15, -0.1) is 0 Å². The van der Waals surface area contributed by atoms with Gasteiger partial charge in [-0.25, -0.2) is 9.98 Å². The first-order valence-electron chi connectivity index (χ1n) is 3.95. The Balaban J connectivity index is 0. The molecule has 0 fully saturated rings. The van der Waals surface area contributed by atoms with Crippen LogP contribution < -0.4 is 0 Å². The molecule has 0 aromatic carbocycles. The molecule has 0 N–H and O–H groups in total. The third kappa shape index (κ3) is 12.3. The van der Waals surface area contributed by atoms with Gasteiger partial charge < -0.3 is 0 Å². The molecule has 0 unspecified atom stereocenters. The molecule has 2 nitrogen and oxygen atoms in total. The van der Waals surface area contributed by atoms with E-state index in [2.05, 4.69) is 9.98 Å². The minimum absolute atomic E-state index is 0.788. The predicted octanol–water partition coefficient (Wildman–Crippen LogP) is 3.06. The minimum atomic E-state index is 0.788. The molecule has 64 valence electrons. The summed E-state index contributed by atoms with van der Waals surface area (Å²) in [4.78, 5) is 7.91. The standard InChI is InChI=1S/C7H12N2.C2H6/c1-4-6-9-7(3)8-5-2;1-2/h4-6H,1-3H3;1-2H3/b6-4-,8-5?,9-7?;. The van der Waals surface area contributed by atoms with E-state index >= 15 is 0 Å². The molecule has 0 spiro atoms. The van der Waals surface area contributed by atoms with Crippen molar-refractivity contribution in [2.45, 2.75) is 34.6 Å². The van der Waals surface area contributed by atoms with Gasteiger partial charge in [-0.1, -0.05) is 19.9 Å². The molecule has 0 saturated heterocycles. The molecule has 0 bridgehead atoms. The second kappa shape index (κ2) is 11.8. The quantitative estimate of drug-likeness (QED) is 0.409. The van der Waals surface area contributed by atoms with Crippen molar-refractivity contribution in [2.24, 2.45) is 9.98 Å². The molecule has 0 amide bonds. The average Bonchev–Trinajstić information content (AvgIpc) is 2.05. The zero-order chi connectivity index (χ0) is 9.11. The Hall–Kier alpha value is -0.920. The summed E-state index contributed by atoms with van der Waals surface area (Å²) >= 11 is 0. The fourth-order valence-electron chi connectivity index (χ4n) is 0.403. The average molecular weight is 154 g/mol. The Bertz CT molecular complexity index is 144. The lowest BCUT2D eigenvalue weighted by Crippen LogP contribution is -1.81. The maximum atomic E-state index is 3.97. The van der Waals surface area contributed by atoms with Gasteiger partial charge in [0.15, 0.2) is 0 Å². The van der Waals surface area contributed by atoms with Gasteiger partial charge in [0.1, 0.15) is 5.84 Å². The third-order valence-electron chi connectivity index (χ3n) is 0.726. The monoisotopic (exact) mass is 154 g/mol. The van der Waals surface area contributed by atoms with Gasteiger partial charge in [0.2, 0.25) is 0 Å². The molecule has 0 heterocycles. The molecule has 0 radical (unpaired) electrons. The number of amidine groups is 1. The number of hydrogen-bond acceptors (Lipinski definition) is 1. The van der Waals surface area contributed by atoms with Crippen LogP contribution in [0, 0.1) is 0 Å². The summed E-state index contributed by atoms with van der Waals surface area (Å²) in [5.41, 5.74) is 0. The SMILES string of the molecule is CC.CC=NC(C)=N/C=C\C. The van der Waals surface area contributed by atoms with Crippen LogP contribution >= 0.6 is 0 Å². The van der Waals surface area contributed by atoms with E-state index in [0.717, 1.165) is 5.84 Å². The van der Waals surface area contributed by atoms with Crippen molar-refractivity contribution in [3.63, 3.8) is 0 Å². The highest BCUT2D eigenvalue weighted by Crippen LogP contribution is 1.80. The summed E-state index contributed by atoms with van der Waals surface area (Å²) in [5.74, 6) is 0.788. The summed E-state index contributed by atoms with van der Waals surface area (Å²) in [5, 5.41) is 0. The lowest BCUT2D eigenvalue weighted by Gasteiger charge is -1.83. The van der Waals surface area contributed by atoms with E-state index < -0.39 is 0 Å². The molecular weight excluding hydrogens is 136 g/mol. The predicted molar refractivity (Wildman–Crippen MR) is 53.4 cm³/mol. The number of allylic oxidation sites excluding steroid dienone is 1. The molecule has 2 heteroatoms. The van der Waals surface area contributed by atoms with Crippen molar-refractivity contribution in [3.8, 4) is 0 Å². The van der Waals surface area contributed by atoms with Crippen LogP contribution in [0.1, 0.15) is 34.6 Å². The maximum absolute atomic E-state index is 3.97. The van der Waals surface area contributed by atoms with Gasteiger partial charge in [0, 0.05) is 12.4 Å². The van der Waals surface area contributed by atoms with Crippen LogP contribution in [-0.2, 0) is 0 Å². The Morgan fingerprint density at radius 2 is 1.73 bits per heavy atom. The second-order valence-corrected chi connectivity index (χ2v) is 1.55. The minimum Gasteiger partial charge on any atom is -0.246 e. The molecule has 0 aromatic rings. The first-order chi connectivity index (χ1) is 5.31. The van der Waals surface area contributed by atoms with Crippen LogP contribution in [-0.4, -0.2) is 12.1 Å². The maximum Gasteiger partial charge on any atom is 0.124 e. The summed E-state index contributed by atoms with van der Waals surface area (Å²) in [6.07, 6.45) is 5.32. The smallest absolute Gasteiger partial charge is 0.124 e. The van der Waals surface area contributed by atoms with Crippen molar-refractivity contribution in [1.29, 1.82) is 0 Å². The van der Waals surface area contributed by atoms with Crippen LogP contribution in [0.5, 0.6) is 0 Å². The lowest BCUT2D eigenvalue weighted by atomic mass is 10.6. The number of rotatable bonds is 1. The summed E-state index contributed by atoms with van der Waals surface area (Å²) in [7, 11) is 0. The molecule has 0 rings (SSSR count). The molecular formula is C9H18N2. The van der Waals surface area contributed by atoms with E-state index in [-0.39, 0.29) is 0 Å². The van der Waals surface area contributed by atoms with E-state index in [0.29, 0.717) is 0 Å². The topological polar surface area (TPSA) is 24.7 Å². The highest BCUT2D eigenvalue weighted by atomic mass is 14.9. The normalized spacial score (nSPS) is 11.9. The summed E-state index contributed by atoms with van der Waals surface area (Å²) < 4.78 is 0. The Morgan fingerprint density at radius 1 is 1.18 bits per heavy atom. The Morgan fingerprint density at radius 3 is 2.09 bits per heavy atom. The second-order valence-electron chi connectivity index (χ2n) is 1.55. The zero-order valence-corrected chi connectivity index (χ0v) is 8.13. The molecule has 11 heavy (non-hydrogen) atoms. The number of hydrogen-bond donors (Lipinski definition) is 0. The largest absolute Gasteiger partial charge is 0.246 e. The molecule has 0 aromatic heterocycles. The molecule has 0 atom stereocenters. The van der Waals surface area contributed by atoms with Crippen molar-refractivity contribution in [3.05, 3.63) is 12.3 Å². The van der Waals surface area contributed by atoms with E-state index in [1.165, 1.54) is 0 Å². The van der Waals surface area contributed by atoms with Gasteiger partial charge in [-0.2, -0.15) is 0 Å². The van der Waals surface area contributed by atoms with Gasteiger partial charge >= 0.3 is 0 Å². The molecule has 0 aliphatic heterocycles. The van der Waals surface area contributed by atoms with Crippen molar-refractivity contribution in [1.82, 2.24) is 0 Å². The lowest BCUT2D eigenvalue weighted by molar-refractivity contribution is 1.45. The van der Waals surface area contributed by atoms with Gasteiger partial charge in [-0.05, 0) is 20.8 Å². The highest BCUT2D eigenvalue weighted by molar-refractivity contribution is 5.87. The highest BCUT2D eigenvalue weighted by Gasteiger charge is 1.75. The Kier molecular flexibility index (Phi) is 13.7. The first-order valence-corrected chi connectivity index (χ1v) is 3.95. The summed E-state index contributed by atoms with van der Waals surface area (Å²) in [6, 6.07) is 0. The number of aliphatic imine (C=N–C) groups is 2. The fraction of sp³-hybridized carbons (Fsp3) is 0.556. The van der Waals surface area contributed by atoms with Crippen LogP contribution in [0.15, 0.2) is 22.3 Å². The Labute approximate surface area is 69.8 Å². The van der Waals surface area contributed by atoms with Crippen LogP contribution in [0.2, 0.25) is 0 Å². The van der Waals surface area contributed by atoms with Crippen LogP contribution in [0.3, 0.4) is 0 Å². The van der Waals surface area contributed by atoms with E-state index in [1.807, 2.05) is 40.7 Å². The van der Waals surface area contributed by atoms with Gasteiger partial charge in [0.05, 0.1) is 0 Å². The van der Waals surface area contributed by atoms with Gasteiger partial charge in [-0.3, -0.25) is 0 Å². The number of nitrogens with zero attached hydrogens (tertiary/aromatic N) is 2. The van der Waals surface area contributed by atoms with Crippen molar-refractivity contribution < 1.29 is 0 Å². The first kappa shape index (κ1) is 12.7. The molecule has 0 aliphatic carbocycles. The molecule has 0 saturated carbocycles. The third-order valence-corrected chi connectivity index (χ3v) is 0.726. The fourth-order valence-corrected chi connectivity index (χ4v) is 0.403. The molecule has 0 aliphatic rings. The van der Waals surface area contributed by atoms with Crippen LogP contribution in [0.25, 0.3) is 0 Å². The van der Waals surface area contributed by atoms with E-state index in [1.54, 1.807) is 12.4 Å². The van der Waals surface area contributed by atoms with Crippen molar-refractivity contribution in [2.75, 3.05) is 0 Å². The van der Waals surface area contributed by atoms with Crippen molar-refractivity contribution >= 4 is 12.1 Å². The zero-order valence-electron chi connectivity index (χ0n) is 8.13. The summed E-state index contributed by atoms with van der Waals surface area (Å²) in [6.45, 7) is 9.65. The van der Waals surface area contributed by atoms with E-state index in [9.17, 15) is 0 Å².